The number of aliphatic hydroxyl groups is 1. The summed E-state index contributed by atoms with van der Waals surface area (Å²) >= 11 is 0. The van der Waals surface area contributed by atoms with E-state index < -0.39 is 43.8 Å². The number of halogens is 3. The maximum absolute atomic E-state index is 13.7. The molecule has 3 rings (SSSR count). The standard InChI is InChI=1S/C29H43F3N6O4S/c1-4-22(29(30,31)32)7-6-15-35-27(40)36-23-10-8-21(9-11-23)26-37-24(19-25(38-26)34-17-18-39)28(13-14-28)43(41,42)20(3)12-16-33-5-2/h7-8,10,16,19-20,26,37,39H,4-6,9,11-15,17-18H2,1-3H3,(H,34,38)(H2,35,36,40)/b22-7+,33-16?/t20-,26?/m0/s1. The zero-order chi connectivity index (χ0) is 31.7. The molecule has 1 saturated carbocycles. The summed E-state index contributed by atoms with van der Waals surface area (Å²) in [6, 6.07) is -0.502. The van der Waals surface area contributed by atoms with Crippen molar-refractivity contribution in [2.45, 2.75) is 88.1 Å². The van der Waals surface area contributed by atoms with Gasteiger partial charge in [0.05, 0.1) is 18.4 Å². The van der Waals surface area contributed by atoms with Crippen LogP contribution < -0.4 is 21.3 Å². The zero-order valence-corrected chi connectivity index (χ0v) is 25.7. The van der Waals surface area contributed by atoms with Gasteiger partial charge in [-0.1, -0.05) is 19.1 Å². The van der Waals surface area contributed by atoms with Crippen LogP contribution in [0.2, 0.25) is 0 Å². The highest BCUT2D eigenvalue weighted by Crippen LogP contribution is 2.51. The molecule has 0 aromatic rings. The molecule has 0 spiro atoms. The van der Waals surface area contributed by atoms with E-state index in [-0.39, 0.29) is 32.5 Å². The Morgan fingerprint density at radius 1 is 1.23 bits per heavy atom. The summed E-state index contributed by atoms with van der Waals surface area (Å²) in [5.74, 6) is 0.480. The first-order chi connectivity index (χ1) is 20.4. The van der Waals surface area contributed by atoms with Gasteiger partial charge in [0.2, 0.25) is 0 Å². The number of hydrogen-bond donors (Lipinski definition) is 5. The second-order valence-corrected chi connectivity index (χ2v) is 13.4. The topological polar surface area (TPSA) is 144 Å². The first-order valence-electron chi connectivity index (χ1n) is 14.7. The van der Waals surface area contributed by atoms with Crippen LogP contribution in [0.25, 0.3) is 0 Å². The third-order valence-electron chi connectivity index (χ3n) is 7.67. The first-order valence-corrected chi connectivity index (χ1v) is 16.3. The van der Waals surface area contributed by atoms with Crippen molar-refractivity contribution in [3.05, 3.63) is 46.8 Å². The van der Waals surface area contributed by atoms with E-state index in [1.54, 1.807) is 25.3 Å². The molecule has 1 fully saturated rings. The van der Waals surface area contributed by atoms with Crippen molar-refractivity contribution in [1.29, 1.82) is 0 Å². The van der Waals surface area contributed by atoms with Crippen LogP contribution in [0, 0.1) is 0 Å². The minimum Gasteiger partial charge on any atom is -0.394 e. The van der Waals surface area contributed by atoms with Crippen molar-refractivity contribution in [2.75, 3.05) is 26.2 Å². The zero-order valence-electron chi connectivity index (χ0n) is 24.9. The Hall–Kier alpha value is -3.13. The van der Waals surface area contributed by atoms with Crippen molar-refractivity contribution in [1.82, 2.24) is 21.3 Å². The molecule has 14 heteroatoms. The Labute approximate surface area is 251 Å². The highest BCUT2D eigenvalue weighted by molar-refractivity contribution is 7.93. The highest BCUT2D eigenvalue weighted by Gasteiger charge is 2.59. The molecule has 1 aliphatic heterocycles. The average Bonchev–Trinajstić information content (AvgIpc) is 3.79. The summed E-state index contributed by atoms with van der Waals surface area (Å²) in [6.07, 6.45) is 5.57. The van der Waals surface area contributed by atoms with Crippen molar-refractivity contribution in [3.8, 4) is 0 Å². The van der Waals surface area contributed by atoms with Crippen LogP contribution >= 0.6 is 0 Å². The molecule has 10 nitrogen and oxygen atoms in total. The fourth-order valence-electron chi connectivity index (χ4n) is 5.03. The molecule has 1 heterocycles. The van der Waals surface area contributed by atoms with E-state index in [1.165, 1.54) is 6.92 Å². The summed E-state index contributed by atoms with van der Waals surface area (Å²) in [5, 5.41) is 20.7. The predicted molar refractivity (Wildman–Crippen MR) is 163 cm³/mol. The number of urea groups is 1. The number of carbonyl (C=O) groups excluding carboxylic acids is 1. The number of amides is 2. The van der Waals surface area contributed by atoms with Crippen molar-refractivity contribution in [2.24, 2.45) is 9.98 Å². The molecule has 0 aromatic carbocycles. The number of amidine groups is 1. The molecule has 0 radical (unpaired) electrons. The van der Waals surface area contributed by atoms with Gasteiger partial charge in [0.1, 0.15) is 16.7 Å². The SMILES string of the molecule is CCN=CC[C@H](C)S(=O)(=O)C1(C2=CC(=NCCO)NC(C3=CC=C(NC(=O)NCC/C=C(\CC)C(F)(F)F)CC3)N2)CC1. The highest BCUT2D eigenvalue weighted by atomic mass is 32.2. The van der Waals surface area contributed by atoms with Gasteiger partial charge in [-0.05, 0) is 76.7 Å². The summed E-state index contributed by atoms with van der Waals surface area (Å²) in [5.41, 5.74) is 1.53. The number of alkyl halides is 3. The average molecular weight is 629 g/mol. The number of sulfone groups is 1. The molecule has 1 unspecified atom stereocenters. The van der Waals surface area contributed by atoms with Gasteiger partial charge in [0.15, 0.2) is 9.84 Å². The Balaban J connectivity index is 1.68. The molecule has 0 aromatic heterocycles. The van der Waals surface area contributed by atoms with Crippen molar-refractivity contribution >= 4 is 27.9 Å². The summed E-state index contributed by atoms with van der Waals surface area (Å²) < 4.78 is 64.8. The van der Waals surface area contributed by atoms with Gasteiger partial charge in [-0.3, -0.25) is 9.98 Å². The van der Waals surface area contributed by atoms with Crippen LogP contribution in [-0.4, -0.2) is 80.2 Å². The minimum atomic E-state index is -4.37. The lowest BCUT2D eigenvalue weighted by atomic mass is 9.98. The fourth-order valence-corrected chi connectivity index (χ4v) is 7.24. The lowest BCUT2D eigenvalue weighted by Gasteiger charge is -2.35. The lowest BCUT2D eigenvalue weighted by Crippen LogP contribution is -2.54. The summed E-state index contributed by atoms with van der Waals surface area (Å²) in [6.45, 7) is 5.71. The van der Waals surface area contributed by atoms with Crippen LogP contribution in [-0.2, 0) is 9.84 Å². The van der Waals surface area contributed by atoms with Gasteiger partial charge >= 0.3 is 12.2 Å². The molecule has 2 aliphatic carbocycles. The monoisotopic (exact) mass is 628 g/mol. The molecule has 240 valence electrons. The molecular weight excluding hydrogens is 585 g/mol. The van der Waals surface area contributed by atoms with Gasteiger partial charge in [-0.15, -0.1) is 0 Å². The third kappa shape index (κ3) is 8.94. The first kappa shape index (κ1) is 34.4. The quantitative estimate of drug-likeness (QED) is 0.113. The number of rotatable bonds is 14. The van der Waals surface area contributed by atoms with Gasteiger partial charge in [-0.25, -0.2) is 13.2 Å². The molecule has 0 saturated heterocycles. The van der Waals surface area contributed by atoms with Gasteiger partial charge < -0.3 is 26.4 Å². The molecule has 43 heavy (non-hydrogen) atoms. The summed E-state index contributed by atoms with van der Waals surface area (Å²) in [7, 11) is -3.55. The van der Waals surface area contributed by atoms with E-state index in [2.05, 4.69) is 31.3 Å². The smallest absolute Gasteiger partial charge is 0.394 e. The lowest BCUT2D eigenvalue weighted by molar-refractivity contribution is -0.0937. The van der Waals surface area contributed by atoms with Crippen LogP contribution in [0.4, 0.5) is 18.0 Å². The Kier molecular flexibility index (Phi) is 12.0. The van der Waals surface area contributed by atoms with E-state index in [1.807, 2.05) is 13.0 Å². The van der Waals surface area contributed by atoms with Crippen LogP contribution in [0.1, 0.15) is 65.7 Å². The predicted octanol–water partition coefficient (Wildman–Crippen LogP) is 3.79. The van der Waals surface area contributed by atoms with Crippen LogP contribution in [0.5, 0.6) is 0 Å². The van der Waals surface area contributed by atoms with Gasteiger partial charge in [0.25, 0.3) is 0 Å². The maximum atomic E-state index is 13.7. The molecule has 2 atom stereocenters. The number of allylic oxidation sites excluding steroid dienone is 4. The molecule has 0 bridgehead atoms. The third-order valence-corrected chi connectivity index (χ3v) is 10.6. The summed E-state index contributed by atoms with van der Waals surface area (Å²) in [4.78, 5) is 20.8. The van der Waals surface area contributed by atoms with Crippen molar-refractivity contribution < 1.29 is 31.5 Å². The Morgan fingerprint density at radius 3 is 2.56 bits per heavy atom. The number of hydrogen-bond acceptors (Lipinski definition) is 7. The largest absolute Gasteiger partial charge is 0.412 e. The van der Waals surface area contributed by atoms with E-state index in [0.717, 1.165) is 11.6 Å². The Morgan fingerprint density at radius 2 is 1.98 bits per heavy atom. The molecule has 5 N–H and O–H groups in total. The normalized spacial score (nSPS) is 22.2. The molecule has 2 amide bonds. The molecule has 3 aliphatic rings. The van der Waals surface area contributed by atoms with Gasteiger partial charge in [-0.2, -0.15) is 13.2 Å². The number of nitrogens with one attached hydrogen (secondary N) is 4. The van der Waals surface area contributed by atoms with Crippen LogP contribution in [0.15, 0.2) is 56.8 Å². The maximum Gasteiger partial charge on any atom is 0.412 e. The van der Waals surface area contributed by atoms with E-state index >= 15 is 0 Å². The Bertz CT molecular complexity index is 1300. The number of aliphatic imine (C=N–C) groups is 2. The van der Waals surface area contributed by atoms with E-state index in [0.29, 0.717) is 55.9 Å². The van der Waals surface area contributed by atoms with Crippen molar-refractivity contribution in [3.63, 3.8) is 0 Å². The number of aliphatic hydroxyl groups excluding tert-OH is 1. The second kappa shape index (κ2) is 15.0. The van der Waals surface area contributed by atoms with Gasteiger partial charge in [0, 0.05) is 36.1 Å². The van der Waals surface area contributed by atoms with Crippen LogP contribution in [0.3, 0.4) is 0 Å². The molecular formula is C29H43F3N6O4S. The van der Waals surface area contributed by atoms with E-state index in [9.17, 15) is 31.5 Å². The number of nitrogens with zero attached hydrogens (tertiary/aromatic N) is 2. The van der Waals surface area contributed by atoms with E-state index in [4.69, 9.17) is 0 Å². The fraction of sp³-hybridized carbons (Fsp3) is 0.621. The number of carbonyl (C=O) groups is 1. The minimum absolute atomic E-state index is 0.0649. The second-order valence-electron chi connectivity index (χ2n) is 10.7.